The standard InChI is InChI=1S/C22H25ClN2O6/c1-11-6-17(29-2)15(21(27)24-11)8-25-5-4-13-16(23)7-14(19(26)18(13)22(25)28)20(30-3)12-9-31-10-12/h6-7,12,20,26H,4-5,8-10H2,1-3H3,(H,24,27)/t20-/m1/s1. The second-order valence-electron chi connectivity index (χ2n) is 7.91. The summed E-state index contributed by atoms with van der Waals surface area (Å²) in [6.07, 6.45) is 0.0315. The number of rotatable bonds is 6. The molecule has 0 spiro atoms. The number of halogens is 1. The lowest BCUT2D eigenvalue weighted by Crippen LogP contribution is -2.39. The molecule has 2 aromatic rings. The molecule has 9 heteroatoms. The number of nitrogens with one attached hydrogen (secondary N) is 1. The van der Waals surface area contributed by atoms with Crippen molar-refractivity contribution in [2.45, 2.75) is 26.0 Å². The van der Waals surface area contributed by atoms with Crippen molar-refractivity contribution in [3.05, 3.63) is 55.5 Å². The zero-order chi connectivity index (χ0) is 22.3. The van der Waals surface area contributed by atoms with E-state index < -0.39 is 6.10 Å². The van der Waals surface area contributed by atoms with Crippen molar-refractivity contribution >= 4 is 17.5 Å². The van der Waals surface area contributed by atoms with Gasteiger partial charge >= 0.3 is 0 Å². The van der Waals surface area contributed by atoms with Gasteiger partial charge in [0.05, 0.1) is 44.1 Å². The van der Waals surface area contributed by atoms with E-state index in [-0.39, 0.29) is 35.2 Å². The van der Waals surface area contributed by atoms with Gasteiger partial charge in [-0.15, -0.1) is 0 Å². The Bertz CT molecular complexity index is 1080. The third-order valence-corrected chi connectivity index (χ3v) is 6.30. The molecular formula is C22H25ClN2O6. The highest BCUT2D eigenvalue weighted by atomic mass is 35.5. The molecule has 1 aromatic carbocycles. The highest BCUT2D eigenvalue weighted by Gasteiger charge is 2.37. The minimum atomic E-state index is -0.431. The number of H-pyrrole nitrogens is 1. The van der Waals surface area contributed by atoms with Crippen LogP contribution in [0.25, 0.3) is 0 Å². The Labute approximate surface area is 184 Å². The van der Waals surface area contributed by atoms with Crippen molar-refractivity contribution in [1.82, 2.24) is 9.88 Å². The first-order valence-corrected chi connectivity index (χ1v) is 10.4. The number of methoxy groups -OCH3 is 2. The van der Waals surface area contributed by atoms with Crippen LogP contribution in [0.2, 0.25) is 5.02 Å². The molecule has 1 amide bonds. The molecule has 0 unspecified atom stereocenters. The van der Waals surface area contributed by atoms with Crippen LogP contribution >= 0.6 is 11.6 Å². The van der Waals surface area contributed by atoms with Gasteiger partial charge in [0, 0.05) is 35.9 Å². The number of phenols is 1. The average Bonchev–Trinajstić information content (AvgIpc) is 2.70. The van der Waals surface area contributed by atoms with E-state index >= 15 is 0 Å². The van der Waals surface area contributed by atoms with Gasteiger partial charge in [-0.3, -0.25) is 9.59 Å². The number of aromatic nitrogens is 1. The summed E-state index contributed by atoms with van der Waals surface area (Å²) >= 11 is 6.51. The van der Waals surface area contributed by atoms with Crippen molar-refractivity contribution in [1.29, 1.82) is 0 Å². The second kappa shape index (κ2) is 8.53. The molecule has 1 aromatic heterocycles. The van der Waals surface area contributed by atoms with Gasteiger partial charge in [-0.25, -0.2) is 0 Å². The Hall–Kier alpha value is -2.55. The fourth-order valence-electron chi connectivity index (χ4n) is 4.26. The van der Waals surface area contributed by atoms with Gasteiger partial charge in [0.2, 0.25) is 0 Å². The lowest BCUT2D eigenvalue weighted by molar-refractivity contribution is -0.105. The summed E-state index contributed by atoms with van der Waals surface area (Å²) in [6, 6.07) is 3.40. The van der Waals surface area contributed by atoms with Crippen LogP contribution in [0.3, 0.4) is 0 Å². The molecule has 2 N–H and O–H groups in total. The molecule has 0 bridgehead atoms. The van der Waals surface area contributed by atoms with Crippen LogP contribution in [-0.4, -0.2) is 54.9 Å². The number of aromatic hydroxyl groups is 1. The first kappa shape index (κ1) is 21.7. The lowest BCUT2D eigenvalue weighted by atomic mass is 9.88. The molecule has 0 radical (unpaired) electrons. The van der Waals surface area contributed by atoms with E-state index in [1.807, 2.05) is 0 Å². The van der Waals surface area contributed by atoms with Crippen LogP contribution < -0.4 is 10.3 Å². The summed E-state index contributed by atoms with van der Waals surface area (Å²) < 4.78 is 16.2. The Balaban J connectivity index is 1.71. The molecule has 1 fully saturated rings. The predicted molar refractivity (Wildman–Crippen MR) is 114 cm³/mol. The van der Waals surface area contributed by atoms with Crippen LogP contribution in [-0.2, 0) is 22.4 Å². The van der Waals surface area contributed by atoms with Crippen LogP contribution in [0.5, 0.6) is 11.5 Å². The largest absolute Gasteiger partial charge is 0.507 e. The first-order chi connectivity index (χ1) is 14.8. The number of pyridine rings is 1. The van der Waals surface area contributed by atoms with Gasteiger partial charge in [0.25, 0.3) is 11.5 Å². The number of hydrogen-bond donors (Lipinski definition) is 2. The SMILES string of the molecule is COc1cc(C)[nH]c(=O)c1CN1CCc2c(Cl)cc([C@H](OC)C3COC3)c(O)c2C1=O. The maximum atomic E-state index is 13.4. The second-order valence-corrected chi connectivity index (χ2v) is 8.32. The molecule has 1 atom stereocenters. The monoisotopic (exact) mass is 448 g/mol. The van der Waals surface area contributed by atoms with Crippen molar-refractivity contribution in [2.24, 2.45) is 5.92 Å². The molecule has 0 aliphatic carbocycles. The number of fused-ring (bicyclic) bond motifs is 1. The van der Waals surface area contributed by atoms with E-state index in [4.69, 9.17) is 25.8 Å². The highest BCUT2D eigenvalue weighted by Crippen LogP contribution is 2.43. The van der Waals surface area contributed by atoms with Gasteiger partial charge in [-0.2, -0.15) is 0 Å². The zero-order valence-corrected chi connectivity index (χ0v) is 18.4. The first-order valence-electron chi connectivity index (χ1n) is 10.1. The Kier molecular flexibility index (Phi) is 5.96. The van der Waals surface area contributed by atoms with Crippen LogP contribution in [0.4, 0.5) is 0 Å². The van der Waals surface area contributed by atoms with Crippen LogP contribution in [0.1, 0.15) is 38.8 Å². The van der Waals surface area contributed by atoms with Gasteiger partial charge < -0.3 is 29.2 Å². The van der Waals surface area contributed by atoms with E-state index in [1.165, 1.54) is 12.0 Å². The van der Waals surface area contributed by atoms with Crippen LogP contribution in [0, 0.1) is 12.8 Å². The van der Waals surface area contributed by atoms with Gasteiger partial charge in [0.15, 0.2) is 0 Å². The topological polar surface area (TPSA) is 101 Å². The number of carbonyl (C=O) groups excluding carboxylic acids is 1. The van der Waals surface area contributed by atoms with E-state index in [0.717, 1.165) is 0 Å². The predicted octanol–water partition coefficient (Wildman–Crippen LogP) is 2.58. The number of amides is 1. The third-order valence-electron chi connectivity index (χ3n) is 5.97. The lowest BCUT2D eigenvalue weighted by Gasteiger charge is -2.35. The number of hydrogen-bond acceptors (Lipinski definition) is 6. The van der Waals surface area contributed by atoms with Gasteiger partial charge in [0.1, 0.15) is 11.5 Å². The van der Waals surface area contributed by atoms with Gasteiger partial charge in [-0.05, 0) is 31.0 Å². The fourth-order valence-corrected chi connectivity index (χ4v) is 4.57. The summed E-state index contributed by atoms with van der Waals surface area (Å²) in [5.41, 5.74) is 1.96. The van der Waals surface area contributed by atoms with Crippen molar-refractivity contribution in [3.8, 4) is 11.5 Å². The average molecular weight is 449 g/mol. The van der Waals surface area contributed by atoms with E-state index in [1.54, 1.807) is 26.2 Å². The Morgan fingerprint density at radius 3 is 2.68 bits per heavy atom. The summed E-state index contributed by atoms with van der Waals surface area (Å²) in [5.74, 6) is -0.0163. The maximum absolute atomic E-state index is 13.4. The smallest absolute Gasteiger partial charge is 0.258 e. The number of ether oxygens (including phenoxy) is 3. The number of carbonyl (C=O) groups is 1. The van der Waals surface area contributed by atoms with Crippen molar-refractivity contribution < 1.29 is 24.1 Å². The molecule has 4 rings (SSSR count). The molecule has 1 saturated heterocycles. The maximum Gasteiger partial charge on any atom is 0.258 e. The van der Waals surface area contributed by atoms with Gasteiger partial charge in [-0.1, -0.05) is 11.6 Å². The number of aryl methyl sites for hydroxylation is 1. The quantitative estimate of drug-likeness (QED) is 0.704. The summed E-state index contributed by atoms with van der Waals surface area (Å²) in [7, 11) is 3.04. The normalized spacial score (nSPS) is 17.3. The number of benzene rings is 1. The Morgan fingerprint density at radius 1 is 1.32 bits per heavy atom. The minimum absolute atomic E-state index is 0.0581. The molecule has 166 valence electrons. The molecule has 3 heterocycles. The molecule has 2 aliphatic heterocycles. The number of aromatic amines is 1. The molecular weight excluding hydrogens is 424 g/mol. The van der Waals surface area contributed by atoms with E-state index in [9.17, 15) is 14.7 Å². The summed E-state index contributed by atoms with van der Waals surface area (Å²) in [4.78, 5) is 30.1. The molecule has 8 nitrogen and oxygen atoms in total. The van der Waals surface area contributed by atoms with E-state index in [2.05, 4.69) is 4.98 Å². The number of phenolic OH excluding ortho intramolecular Hbond substituents is 1. The van der Waals surface area contributed by atoms with Crippen LogP contribution in [0.15, 0.2) is 16.9 Å². The fraction of sp³-hybridized carbons (Fsp3) is 0.455. The molecule has 31 heavy (non-hydrogen) atoms. The Morgan fingerprint density at radius 2 is 2.06 bits per heavy atom. The summed E-state index contributed by atoms with van der Waals surface area (Å²) in [5, 5.41) is 11.5. The molecule has 2 aliphatic rings. The number of nitrogens with zero attached hydrogens (tertiary/aromatic N) is 1. The summed E-state index contributed by atoms with van der Waals surface area (Å²) in [6.45, 7) is 3.22. The van der Waals surface area contributed by atoms with E-state index in [0.29, 0.717) is 59.3 Å². The third kappa shape index (κ3) is 3.79. The highest BCUT2D eigenvalue weighted by molar-refractivity contribution is 6.32. The zero-order valence-electron chi connectivity index (χ0n) is 17.7. The minimum Gasteiger partial charge on any atom is -0.507 e. The van der Waals surface area contributed by atoms with Crippen molar-refractivity contribution in [2.75, 3.05) is 34.0 Å². The van der Waals surface area contributed by atoms with Crippen molar-refractivity contribution in [3.63, 3.8) is 0 Å². The molecule has 0 saturated carbocycles.